The number of fused-ring (bicyclic) bond motifs is 1. The van der Waals surface area contributed by atoms with Crippen LogP contribution in [0, 0.1) is 5.41 Å². The van der Waals surface area contributed by atoms with Gasteiger partial charge < -0.3 is 15.6 Å². The zero-order chi connectivity index (χ0) is 17.9. The van der Waals surface area contributed by atoms with Crippen LogP contribution in [0.4, 0.5) is 11.6 Å². The maximum Gasteiger partial charge on any atom is 0.230 e. The van der Waals surface area contributed by atoms with Crippen molar-refractivity contribution in [3.05, 3.63) is 48.2 Å². The van der Waals surface area contributed by atoms with Crippen LogP contribution in [0.25, 0.3) is 10.9 Å². The Morgan fingerprint density at radius 3 is 2.52 bits per heavy atom. The van der Waals surface area contributed by atoms with Crippen LogP contribution in [0.2, 0.25) is 0 Å². The van der Waals surface area contributed by atoms with Crippen LogP contribution in [-0.2, 0) is 11.2 Å². The highest BCUT2D eigenvalue weighted by atomic mass is 16.2. The number of anilines is 2. The summed E-state index contributed by atoms with van der Waals surface area (Å²) in [7, 11) is 0. The number of hydrogen-bond acceptors (Lipinski definition) is 4. The maximum absolute atomic E-state index is 11.9. The predicted octanol–water partition coefficient (Wildman–Crippen LogP) is 3.60. The molecule has 0 saturated carbocycles. The fourth-order valence-electron chi connectivity index (χ4n) is 2.46. The van der Waals surface area contributed by atoms with E-state index in [1.54, 1.807) is 6.07 Å². The number of aromatic nitrogens is 3. The number of para-hydroxylation sites is 1. The SMILES string of the molecule is CC(C)(C)C(=O)Nc1ccc(NCCc2c[nH]c3ccccc23)nn1. The number of H-pyrrole nitrogens is 1. The molecule has 0 aliphatic carbocycles. The number of benzene rings is 1. The molecule has 0 bridgehead atoms. The van der Waals surface area contributed by atoms with Gasteiger partial charge in [0.15, 0.2) is 5.82 Å². The summed E-state index contributed by atoms with van der Waals surface area (Å²) < 4.78 is 0. The molecule has 0 aliphatic rings. The zero-order valence-electron chi connectivity index (χ0n) is 14.8. The lowest BCUT2D eigenvalue weighted by atomic mass is 9.96. The molecule has 1 amide bonds. The van der Waals surface area contributed by atoms with E-state index in [1.165, 1.54) is 10.9 Å². The molecule has 0 radical (unpaired) electrons. The van der Waals surface area contributed by atoms with Gasteiger partial charge in [-0.2, -0.15) is 0 Å². The van der Waals surface area contributed by atoms with Crippen LogP contribution in [-0.4, -0.2) is 27.6 Å². The summed E-state index contributed by atoms with van der Waals surface area (Å²) in [5.41, 5.74) is 1.96. The first-order valence-corrected chi connectivity index (χ1v) is 8.37. The van der Waals surface area contributed by atoms with Crippen LogP contribution in [0.3, 0.4) is 0 Å². The monoisotopic (exact) mass is 337 g/mol. The molecular weight excluding hydrogens is 314 g/mol. The molecule has 2 aromatic heterocycles. The smallest absolute Gasteiger partial charge is 0.230 e. The van der Waals surface area contributed by atoms with Gasteiger partial charge in [-0.15, -0.1) is 10.2 Å². The van der Waals surface area contributed by atoms with Gasteiger partial charge in [0, 0.05) is 29.1 Å². The van der Waals surface area contributed by atoms with E-state index in [0.29, 0.717) is 11.6 Å². The van der Waals surface area contributed by atoms with Crippen LogP contribution >= 0.6 is 0 Å². The van der Waals surface area contributed by atoms with E-state index in [9.17, 15) is 4.79 Å². The van der Waals surface area contributed by atoms with E-state index < -0.39 is 5.41 Å². The first kappa shape index (κ1) is 17.0. The molecule has 0 spiro atoms. The zero-order valence-corrected chi connectivity index (χ0v) is 14.8. The summed E-state index contributed by atoms with van der Waals surface area (Å²) >= 11 is 0. The van der Waals surface area contributed by atoms with Crippen molar-refractivity contribution >= 4 is 28.4 Å². The van der Waals surface area contributed by atoms with Crippen LogP contribution in [0.5, 0.6) is 0 Å². The first-order chi connectivity index (χ1) is 11.9. The molecule has 6 heteroatoms. The van der Waals surface area contributed by atoms with Crippen LogP contribution in [0.1, 0.15) is 26.3 Å². The molecule has 0 aliphatic heterocycles. The summed E-state index contributed by atoms with van der Waals surface area (Å²) in [5, 5.41) is 15.4. The van der Waals surface area contributed by atoms with Crippen molar-refractivity contribution in [2.45, 2.75) is 27.2 Å². The van der Waals surface area contributed by atoms with Crippen LogP contribution < -0.4 is 10.6 Å². The molecule has 25 heavy (non-hydrogen) atoms. The van der Waals surface area contributed by atoms with Gasteiger partial charge in [0.2, 0.25) is 5.91 Å². The minimum absolute atomic E-state index is 0.0816. The number of hydrogen-bond donors (Lipinski definition) is 3. The van der Waals surface area contributed by atoms with E-state index in [4.69, 9.17) is 0 Å². The van der Waals surface area contributed by atoms with E-state index in [-0.39, 0.29) is 5.91 Å². The number of rotatable bonds is 5. The lowest BCUT2D eigenvalue weighted by Crippen LogP contribution is -2.28. The Morgan fingerprint density at radius 2 is 1.80 bits per heavy atom. The molecule has 0 unspecified atom stereocenters. The van der Waals surface area contributed by atoms with Gasteiger partial charge in [0.05, 0.1) is 0 Å². The van der Waals surface area contributed by atoms with Crippen molar-refractivity contribution in [2.75, 3.05) is 17.2 Å². The fraction of sp³-hybridized carbons (Fsp3) is 0.316. The summed E-state index contributed by atoms with van der Waals surface area (Å²) in [5.74, 6) is 1.07. The number of nitrogens with one attached hydrogen (secondary N) is 3. The minimum Gasteiger partial charge on any atom is -0.368 e. The molecule has 1 aromatic carbocycles. The Kier molecular flexibility index (Phi) is 4.70. The second-order valence-electron chi connectivity index (χ2n) is 7.04. The molecule has 0 saturated heterocycles. The third kappa shape index (κ3) is 4.15. The number of nitrogens with zero attached hydrogens (tertiary/aromatic N) is 2. The normalized spacial score (nSPS) is 11.5. The van der Waals surface area contributed by atoms with Gasteiger partial charge in [-0.1, -0.05) is 39.0 Å². The maximum atomic E-state index is 11.9. The minimum atomic E-state index is -0.460. The highest BCUT2D eigenvalue weighted by Crippen LogP contribution is 2.18. The number of aromatic amines is 1. The van der Waals surface area contributed by atoms with Crippen molar-refractivity contribution in [2.24, 2.45) is 5.41 Å². The molecular formula is C19H23N5O. The van der Waals surface area contributed by atoms with E-state index in [2.05, 4.69) is 37.9 Å². The molecule has 3 aromatic rings. The van der Waals surface area contributed by atoms with Crippen molar-refractivity contribution in [1.82, 2.24) is 15.2 Å². The highest BCUT2D eigenvalue weighted by Gasteiger charge is 2.21. The number of carbonyl (C=O) groups is 1. The van der Waals surface area contributed by atoms with Crippen molar-refractivity contribution in [3.8, 4) is 0 Å². The largest absolute Gasteiger partial charge is 0.368 e. The molecule has 130 valence electrons. The highest BCUT2D eigenvalue weighted by molar-refractivity contribution is 5.93. The topological polar surface area (TPSA) is 82.7 Å². The van der Waals surface area contributed by atoms with Crippen molar-refractivity contribution < 1.29 is 4.79 Å². The molecule has 0 fully saturated rings. The fourth-order valence-corrected chi connectivity index (χ4v) is 2.46. The molecule has 2 heterocycles. The molecule has 3 N–H and O–H groups in total. The third-order valence-electron chi connectivity index (χ3n) is 3.96. The predicted molar refractivity (Wildman–Crippen MR) is 101 cm³/mol. The molecule has 6 nitrogen and oxygen atoms in total. The Hall–Kier alpha value is -2.89. The van der Waals surface area contributed by atoms with Crippen molar-refractivity contribution in [1.29, 1.82) is 0 Å². The van der Waals surface area contributed by atoms with Crippen molar-refractivity contribution in [3.63, 3.8) is 0 Å². The van der Waals surface area contributed by atoms with E-state index in [1.807, 2.05) is 45.2 Å². The van der Waals surface area contributed by atoms with Gasteiger partial charge in [0.25, 0.3) is 0 Å². The second kappa shape index (κ2) is 6.93. The average molecular weight is 337 g/mol. The summed E-state index contributed by atoms with van der Waals surface area (Å²) in [6.07, 6.45) is 2.93. The lowest BCUT2D eigenvalue weighted by Gasteiger charge is -2.16. The third-order valence-corrected chi connectivity index (χ3v) is 3.96. The number of carbonyl (C=O) groups excluding carboxylic acids is 1. The number of amides is 1. The molecule has 3 rings (SSSR count). The van der Waals surface area contributed by atoms with Gasteiger partial charge in [-0.3, -0.25) is 4.79 Å². The van der Waals surface area contributed by atoms with Gasteiger partial charge in [-0.25, -0.2) is 0 Å². The summed E-state index contributed by atoms with van der Waals surface area (Å²) in [4.78, 5) is 15.2. The van der Waals surface area contributed by atoms with Gasteiger partial charge >= 0.3 is 0 Å². The lowest BCUT2D eigenvalue weighted by molar-refractivity contribution is -0.123. The Balaban J connectivity index is 1.54. The Morgan fingerprint density at radius 1 is 1.08 bits per heavy atom. The van der Waals surface area contributed by atoms with E-state index in [0.717, 1.165) is 18.5 Å². The Bertz CT molecular complexity index is 861. The van der Waals surface area contributed by atoms with Gasteiger partial charge in [0.1, 0.15) is 5.82 Å². The standard InChI is InChI=1S/C19H23N5O/c1-19(2,3)18(25)22-17-9-8-16(23-24-17)20-11-10-13-12-21-15-7-5-4-6-14(13)15/h4-9,12,21H,10-11H2,1-3H3,(H,20,23)(H,22,24,25). The second-order valence-corrected chi connectivity index (χ2v) is 7.04. The van der Waals surface area contributed by atoms with Crippen LogP contribution in [0.15, 0.2) is 42.6 Å². The summed E-state index contributed by atoms with van der Waals surface area (Å²) in [6, 6.07) is 11.8. The quantitative estimate of drug-likeness (QED) is 0.664. The first-order valence-electron chi connectivity index (χ1n) is 8.37. The summed E-state index contributed by atoms with van der Waals surface area (Å²) in [6.45, 7) is 6.33. The van der Waals surface area contributed by atoms with Gasteiger partial charge in [-0.05, 0) is 30.2 Å². The Labute approximate surface area is 147 Å². The van der Waals surface area contributed by atoms with E-state index >= 15 is 0 Å². The molecule has 0 atom stereocenters. The average Bonchev–Trinajstić information content (AvgIpc) is 2.99.